The summed E-state index contributed by atoms with van der Waals surface area (Å²) < 4.78 is 11.1. The molecule has 0 saturated carbocycles. The second-order valence-electron chi connectivity index (χ2n) is 6.50. The van der Waals surface area contributed by atoms with Crippen molar-refractivity contribution in [1.82, 2.24) is 15.6 Å². The van der Waals surface area contributed by atoms with Crippen LogP contribution in [0, 0.1) is 5.92 Å². The lowest BCUT2D eigenvalue weighted by atomic mass is 10.1. The number of hydrogen-bond donors (Lipinski definition) is 2. The molecule has 6 heteroatoms. The summed E-state index contributed by atoms with van der Waals surface area (Å²) in [6, 6.07) is 10.3. The number of pyridine rings is 1. The van der Waals surface area contributed by atoms with Gasteiger partial charge < -0.3 is 20.1 Å². The zero-order valence-corrected chi connectivity index (χ0v) is 15.4. The van der Waals surface area contributed by atoms with Crippen molar-refractivity contribution in [2.75, 3.05) is 40.0 Å². The van der Waals surface area contributed by atoms with Gasteiger partial charge in [-0.2, -0.15) is 0 Å². The first-order valence-electron chi connectivity index (χ1n) is 9.29. The molecule has 2 heterocycles. The van der Waals surface area contributed by atoms with Crippen LogP contribution < -0.4 is 10.6 Å². The quantitative estimate of drug-likeness (QED) is 0.432. The van der Waals surface area contributed by atoms with Crippen molar-refractivity contribution < 1.29 is 9.47 Å². The van der Waals surface area contributed by atoms with Crippen molar-refractivity contribution in [3.8, 4) is 0 Å². The van der Waals surface area contributed by atoms with Gasteiger partial charge in [-0.25, -0.2) is 0 Å². The Hall–Kier alpha value is -2.18. The van der Waals surface area contributed by atoms with Gasteiger partial charge in [0.2, 0.25) is 0 Å². The molecule has 0 amide bonds. The number of benzene rings is 1. The van der Waals surface area contributed by atoms with Crippen molar-refractivity contribution in [1.29, 1.82) is 0 Å². The smallest absolute Gasteiger partial charge is 0.191 e. The van der Waals surface area contributed by atoms with Crippen molar-refractivity contribution in [3.05, 3.63) is 42.1 Å². The number of rotatable bonds is 8. The predicted octanol–water partition coefficient (Wildman–Crippen LogP) is 2.34. The normalized spacial score (nSPS) is 17.6. The molecule has 1 aliphatic heterocycles. The Morgan fingerprint density at radius 3 is 3.08 bits per heavy atom. The number of aliphatic imine (C=N–C) groups is 1. The molecule has 3 rings (SSSR count). The number of para-hydroxylation sites is 1. The van der Waals surface area contributed by atoms with Gasteiger partial charge in [0.05, 0.1) is 18.7 Å². The molecule has 140 valence electrons. The van der Waals surface area contributed by atoms with E-state index in [1.807, 2.05) is 12.3 Å². The standard InChI is InChI=1S/C20H28N4O2/c1-21-20(23-10-4-11-25-14-16-8-12-26-15-16)24-13-18-6-2-5-17-7-3-9-22-19(17)18/h2-3,5-7,9,16H,4,8,10-15H2,1H3,(H2,21,23,24). The van der Waals surface area contributed by atoms with E-state index in [4.69, 9.17) is 9.47 Å². The largest absolute Gasteiger partial charge is 0.381 e. The zero-order valence-electron chi connectivity index (χ0n) is 15.4. The third kappa shape index (κ3) is 5.41. The number of aromatic nitrogens is 1. The van der Waals surface area contributed by atoms with E-state index in [9.17, 15) is 0 Å². The molecule has 0 aliphatic carbocycles. The Morgan fingerprint density at radius 1 is 1.31 bits per heavy atom. The molecule has 0 radical (unpaired) electrons. The Bertz CT molecular complexity index is 709. The molecule has 1 unspecified atom stereocenters. The van der Waals surface area contributed by atoms with E-state index < -0.39 is 0 Å². The zero-order chi connectivity index (χ0) is 18.0. The number of ether oxygens (including phenoxy) is 2. The molecule has 1 aromatic heterocycles. The van der Waals surface area contributed by atoms with Crippen molar-refractivity contribution >= 4 is 16.9 Å². The summed E-state index contributed by atoms with van der Waals surface area (Å²) in [4.78, 5) is 8.77. The van der Waals surface area contributed by atoms with Crippen LogP contribution in [0.15, 0.2) is 41.5 Å². The molecule has 1 saturated heterocycles. The van der Waals surface area contributed by atoms with Gasteiger partial charge in [-0.1, -0.05) is 24.3 Å². The lowest BCUT2D eigenvalue weighted by molar-refractivity contribution is 0.0888. The molecule has 1 aliphatic rings. The minimum Gasteiger partial charge on any atom is -0.381 e. The van der Waals surface area contributed by atoms with Crippen LogP contribution in [0.4, 0.5) is 0 Å². The molecular weight excluding hydrogens is 328 g/mol. The first-order valence-corrected chi connectivity index (χ1v) is 9.29. The maximum atomic E-state index is 5.72. The van der Waals surface area contributed by atoms with E-state index in [0.29, 0.717) is 12.5 Å². The highest BCUT2D eigenvalue weighted by Crippen LogP contribution is 2.15. The average Bonchev–Trinajstić information content (AvgIpc) is 3.20. The molecule has 26 heavy (non-hydrogen) atoms. The summed E-state index contributed by atoms with van der Waals surface area (Å²) in [5, 5.41) is 7.84. The van der Waals surface area contributed by atoms with Gasteiger partial charge in [0.1, 0.15) is 0 Å². The Kier molecular flexibility index (Phi) is 7.22. The van der Waals surface area contributed by atoms with Gasteiger partial charge >= 0.3 is 0 Å². The summed E-state index contributed by atoms with van der Waals surface area (Å²) in [5.41, 5.74) is 2.19. The number of fused-ring (bicyclic) bond motifs is 1. The first kappa shape index (κ1) is 18.6. The van der Waals surface area contributed by atoms with Crippen LogP contribution in [0.2, 0.25) is 0 Å². The predicted molar refractivity (Wildman–Crippen MR) is 104 cm³/mol. The van der Waals surface area contributed by atoms with E-state index >= 15 is 0 Å². The Balaban J connectivity index is 1.36. The second kappa shape index (κ2) is 10.1. The van der Waals surface area contributed by atoms with Crippen LogP contribution in [0.25, 0.3) is 10.9 Å². The van der Waals surface area contributed by atoms with E-state index in [0.717, 1.165) is 68.2 Å². The topological polar surface area (TPSA) is 67.8 Å². The number of hydrogen-bond acceptors (Lipinski definition) is 4. The van der Waals surface area contributed by atoms with Crippen LogP contribution in [0.5, 0.6) is 0 Å². The lowest BCUT2D eigenvalue weighted by Crippen LogP contribution is -2.37. The average molecular weight is 356 g/mol. The first-order chi connectivity index (χ1) is 12.9. The van der Waals surface area contributed by atoms with Gasteiger partial charge in [-0.3, -0.25) is 9.98 Å². The third-order valence-electron chi connectivity index (χ3n) is 4.52. The fourth-order valence-corrected chi connectivity index (χ4v) is 3.06. The van der Waals surface area contributed by atoms with Gasteiger partial charge in [0.15, 0.2) is 5.96 Å². The summed E-state index contributed by atoms with van der Waals surface area (Å²) in [7, 11) is 1.78. The van der Waals surface area contributed by atoms with E-state index in [2.05, 4.69) is 44.9 Å². The molecular formula is C20H28N4O2. The second-order valence-corrected chi connectivity index (χ2v) is 6.50. The number of guanidine groups is 1. The summed E-state index contributed by atoms with van der Waals surface area (Å²) >= 11 is 0. The van der Waals surface area contributed by atoms with Crippen molar-refractivity contribution in [2.24, 2.45) is 10.9 Å². The molecule has 1 atom stereocenters. The van der Waals surface area contributed by atoms with Gasteiger partial charge in [0, 0.05) is 50.9 Å². The minimum atomic E-state index is 0.576. The summed E-state index contributed by atoms with van der Waals surface area (Å²) in [6.07, 6.45) is 3.90. The maximum absolute atomic E-state index is 5.72. The monoisotopic (exact) mass is 356 g/mol. The van der Waals surface area contributed by atoms with Gasteiger partial charge in [0.25, 0.3) is 0 Å². The lowest BCUT2D eigenvalue weighted by Gasteiger charge is -2.13. The fourth-order valence-electron chi connectivity index (χ4n) is 3.06. The highest BCUT2D eigenvalue weighted by Gasteiger charge is 2.15. The highest BCUT2D eigenvalue weighted by molar-refractivity contribution is 5.83. The SMILES string of the molecule is CN=C(NCCCOCC1CCOC1)NCc1cccc2cccnc12. The molecule has 0 spiro atoms. The number of nitrogens with one attached hydrogen (secondary N) is 2. The van der Waals surface area contributed by atoms with Crippen molar-refractivity contribution in [2.45, 2.75) is 19.4 Å². The van der Waals surface area contributed by atoms with Crippen LogP contribution >= 0.6 is 0 Å². The molecule has 2 N–H and O–H groups in total. The van der Waals surface area contributed by atoms with Gasteiger partial charge in [-0.05, 0) is 24.5 Å². The van der Waals surface area contributed by atoms with Crippen molar-refractivity contribution in [3.63, 3.8) is 0 Å². The molecule has 6 nitrogen and oxygen atoms in total. The Morgan fingerprint density at radius 2 is 2.23 bits per heavy atom. The summed E-state index contributed by atoms with van der Waals surface area (Å²) in [5.74, 6) is 1.37. The number of nitrogens with zero attached hydrogens (tertiary/aromatic N) is 2. The summed E-state index contributed by atoms with van der Waals surface area (Å²) in [6.45, 7) is 4.80. The minimum absolute atomic E-state index is 0.576. The third-order valence-corrected chi connectivity index (χ3v) is 4.52. The van der Waals surface area contributed by atoms with E-state index in [-0.39, 0.29) is 0 Å². The Labute approximate surface area is 155 Å². The fraction of sp³-hybridized carbons (Fsp3) is 0.500. The molecule has 0 bridgehead atoms. The molecule has 2 aromatic rings. The van der Waals surface area contributed by atoms with Crippen LogP contribution in [0.1, 0.15) is 18.4 Å². The van der Waals surface area contributed by atoms with Gasteiger partial charge in [-0.15, -0.1) is 0 Å². The maximum Gasteiger partial charge on any atom is 0.191 e. The van der Waals surface area contributed by atoms with Crippen LogP contribution in [0.3, 0.4) is 0 Å². The van der Waals surface area contributed by atoms with Crippen LogP contribution in [-0.4, -0.2) is 51.0 Å². The van der Waals surface area contributed by atoms with E-state index in [1.165, 1.54) is 0 Å². The molecule has 1 fully saturated rings. The highest BCUT2D eigenvalue weighted by atomic mass is 16.5. The van der Waals surface area contributed by atoms with Crippen LogP contribution in [-0.2, 0) is 16.0 Å². The van der Waals surface area contributed by atoms with E-state index in [1.54, 1.807) is 7.05 Å². The molecule has 1 aromatic carbocycles.